The van der Waals surface area contributed by atoms with Crippen molar-refractivity contribution in [3.05, 3.63) is 82.6 Å². The second kappa shape index (κ2) is 10.0. The topological polar surface area (TPSA) is 108 Å². The van der Waals surface area contributed by atoms with Gasteiger partial charge >= 0.3 is 0 Å². The van der Waals surface area contributed by atoms with E-state index in [1.807, 2.05) is 12.1 Å². The summed E-state index contributed by atoms with van der Waals surface area (Å²) in [5, 5.41) is 5.33. The van der Waals surface area contributed by atoms with Gasteiger partial charge in [-0.1, -0.05) is 41.4 Å². The number of nitrogens with one attached hydrogen (secondary N) is 2. The number of hydrogen-bond donors (Lipinski definition) is 2. The average Bonchev–Trinajstić information content (AvgIpc) is 2.81. The van der Waals surface area contributed by atoms with Gasteiger partial charge in [0.15, 0.2) is 0 Å². The van der Waals surface area contributed by atoms with Crippen LogP contribution in [0, 0.1) is 0 Å². The van der Waals surface area contributed by atoms with Gasteiger partial charge in [0.1, 0.15) is 10.9 Å². The minimum atomic E-state index is -4.35. The number of hydrogen-bond acceptors (Lipinski definition) is 5. The third-order valence-electron chi connectivity index (χ3n) is 5.30. The number of halogens is 2. The van der Waals surface area contributed by atoms with Crippen LogP contribution in [0.25, 0.3) is 0 Å². The minimum absolute atomic E-state index is 0.0582. The summed E-state index contributed by atoms with van der Waals surface area (Å²) < 4.78 is 28.4. The van der Waals surface area contributed by atoms with E-state index in [0.29, 0.717) is 18.7 Å². The van der Waals surface area contributed by atoms with Gasteiger partial charge in [-0.15, -0.1) is 0 Å². The number of nitrogens with zero attached hydrogens (tertiary/aromatic N) is 2. The maximum atomic E-state index is 13.7. The molecule has 0 saturated heterocycles. The molecular weight excluding hydrogens is 499 g/mol. The molecule has 176 valence electrons. The number of pyridine rings is 1. The number of sulfonamides is 1. The molecule has 0 aliphatic carbocycles. The van der Waals surface area contributed by atoms with Crippen LogP contribution in [0.5, 0.6) is 0 Å². The van der Waals surface area contributed by atoms with E-state index < -0.39 is 27.9 Å². The number of carbonyl (C=O) groups is 2. The van der Waals surface area contributed by atoms with Crippen LogP contribution in [0.4, 0.5) is 11.4 Å². The fraction of sp³-hybridized carbons (Fsp3) is 0.174. The van der Waals surface area contributed by atoms with Crippen LogP contribution < -0.4 is 14.9 Å². The Labute approximate surface area is 206 Å². The Kier molecular flexibility index (Phi) is 7.06. The molecule has 0 saturated carbocycles. The summed E-state index contributed by atoms with van der Waals surface area (Å²) in [5.41, 5.74) is 1.52. The predicted octanol–water partition coefficient (Wildman–Crippen LogP) is 3.65. The molecule has 34 heavy (non-hydrogen) atoms. The van der Waals surface area contributed by atoms with E-state index in [1.165, 1.54) is 18.2 Å². The molecule has 8 nitrogen and oxygen atoms in total. The molecule has 0 bridgehead atoms. The van der Waals surface area contributed by atoms with Crippen LogP contribution in [0.15, 0.2) is 71.9 Å². The van der Waals surface area contributed by atoms with Crippen LogP contribution in [0.3, 0.4) is 0 Å². The number of anilines is 2. The van der Waals surface area contributed by atoms with Crippen LogP contribution in [-0.2, 0) is 26.0 Å². The summed E-state index contributed by atoms with van der Waals surface area (Å²) in [4.78, 5) is 29.4. The lowest BCUT2D eigenvalue weighted by Crippen LogP contribution is -2.52. The van der Waals surface area contributed by atoms with Crippen molar-refractivity contribution in [2.24, 2.45) is 0 Å². The molecule has 1 aliphatic heterocycles. The fourth-order valence-corrected chi connectivity index (χ4v) is 6.04. The van der Waals surface area contributed by atoms with E-state index in [1.54, 1.807) is 36.7 Å². The first-order valence-corrected chi connectivity index (χ1v) is 12.5. The van der Waals surface area contributed by atoms with Gasteiger partial charge in [0, 0.05) is 18.9 Å². The average molecular weight is 519 g/mol. The van der Waals surface area contributed by atoms with Crippen LogP contribution in [-0.4, -0.2) is 37.8 Å². The lowest BCUT2D eigenvalue weighted by molar-refractivity contribution is -0.125. The number of fused-ring (bicyclic) bond motifs is 1. The third kappa shape index (κ3) is 4.86. The molecule has 0 fully saturated rings. The summed E-state index contributed by atoms with van der Waals surface area (Å²) >= 11 is 12.3. The largest absolute Gasteiger partial charge is 0.356 e. The Bertz CT molecular complexity index is 1340. The van der Waals surface area contributed by atoms with Crippen molar-refractivity contribution in [1.29, 1.82) is 0 Å². The second-order valence-corrected chi connectivity index (χ2v) is 10.1. The molecule has 2 amide bonds. The molecule has 0 unspecified atom stereocenters. The first-order chi connectivity index (χ1) is 16.3. The SMILES string of the molecule is O=C(C[C@@H]1C(=O)Nc2ccccc2N1S(=O)(=O)c1cccc(Cl)c1Cl)NCCc1ccncc1. The summed E-state index contributed by atoms with van der Waals surface area (Å²) in [5.74, 6) is -1.09. The summed E-state index contributed by atoms with van der Waals surface area (Å²) in [7, 11) is -4.35. The van der Waals surface area contributed by atoms with Crippen molar-refractivity contribution in [3.8, 4) is 0 Å². The third-order valence-corrected chi connectivity index (χ3v) is 8.10. The molecule has 11 heteroatoms. The highest BCUT2D eigenvalue weighted by atomic mass is 35.5. The van der Waals surface area contributed by atoms with Crippen molar-refractivity contribution in [2.45, 2.75) is 23.8 Å². The zero-order chi connectivity index (χ0) is 24.3. The van der Waals surface area contributed by atoms with E-state index in [4.69, 9.17) is 23.2 Å². The van der Waals surface area contributed by atoms with E-state index in [9.17, 15) is 18.0 Å². The molecule has 2 N–H and O–H groups in total. The number of benzene rings is 2. The lowest BCUT2D eigenvalue weighted by Gasteiger charge is -2.36. The fourth-order valence-electron chi connectivity index (χ4n) is 3.67. The molecule has 2 aromatic carbocycles. The molecule has 1 aliphatic rings. The quantitative estimate of drug-likeness (QED) is 0.496. The highest BCUT2D eigenvalue weighted by Crippen LogP contribution is 2.39. The Morgan fingerprint density at radius 1 is 1.06 bits per heavy atom. The van der Waals surface area contributed by atoms with E-state index in [0.717, 1.165) is 9.87 Å². The molecule has 2 heterocycles. The van der Waals surface area contributed by atoms with E-state index in [2.05, 4.69) is 15.6 Å². The highest BCUT2D eigenvalue weighted by molar-refractivity contribution is 7.93. The molecule has 3 aromatic rings. The first-order valence-electron chi connectivity index (χ1n) is 10.3. The van der Waals surface area contributed by atoms with Crippen molar-refractivity contribution < 1.29 is 18.0 Å². The number of para-hydroxylation sites is 2. The summed E-state index contributed by atoms with van der Waals surface area (Å²) in [6, 6.07) is 13.0. The molecule has 4 rings (SSSR count). The number of aromatic nitrogens is 1. The van der Waals surface area contributed by atoms with Crippen molar-refractivity contribution in [2.75, 3.05) is 16.2 Å². The maximum absolute atomic E-state index is 13.7. The highest BCUT2D eigenvalue weighted by Gasteiger charge is 2.42. The van der Waals surface area contributed by atoms with E-state index >= 15 is 0 Å². The van der Waals surface area contributed by atoms with Gasteiger partial charge in [-0.3, -0.25) is 18.9 Å². The molecule has 0 spiro atoms. The number of rotatable bonds is 7. The normalized spacial score (nSPS) is 15.4. The Hall–Kier alpha value is -3.14. The van der Waals surface area contributed by atoms with Gasteiger partial charge in [0.25, 0.3) is 10.0 Å². The van der Waals surface area contributed by atoms with Crippen molar-refractivity contribution >= 4 is 56.4 Å². The van der Waals surface area contributed by atoms with Crippen molar-refractivity contribution in [3.63, 3.8) is 0 Å². The first kappa shape index (κ1) is 24.0. The van der Waals surface area contributed by atoms with E-state index in [-0.39, 0.29) is 27.0 Å². The number of carbonyl (C=O) groups excluding carboxylic acids is 2. The van der Waals surface area contributed by atoms with Crippen LogP contribution in [0.2, 0.25) is 10.0 Å². The monoisotopic (exact) mass is 518 g/mol. The smallest absolute Gasteiger partial charge is 0.266 e. The zero-order valence-corrected chi connectivity index (χ0v) is 20.1. The standard InChI is InChI=1S/C23H20Cl2N4O4S/c24-16-4-3-7-20(22(16)25)34(32,33)29-18-6-2-1-5-17(18)28-23(31)19(29)14-21(30)27-13-10-15-8-11-26-12-9-15/h1-9,11-12,19H,10,13-14H2,(H,27,30)(H,28,31)/t19-/m1/s1. The lowest BCUT2D eigenvalue weighted by atomic mass is 10.1. The van der Waals surface area contributed by atoms with Crippen LogP contribution in [0.1, 0.15) is 12.0 Å². The maximum Gasteiger partial charge on any atom is 0.266 e. The van der Waals surface area contributed by atoms with Gasteiger partial charge in [0.2, 0.25) is 11.8 Å². The second-order valence-electron chi connectivity index (χ2n) is 7.53. The predicted molar refractivity (Wildman–Crippen MR) is 131 cm³/mol. The summed E-state index contributed by atoms with van der Waals surface area (Å²) in [6.07, 6.45) is 3.50. The van der Waals surface area contributed by atoms with Gasteiger partial charge < -0.3 is 10.6 Å². The van der Waals surface area contributed by atoms with Gasteiger partial charge in [-0.05, 0) is 48.4 Å². The van der Waals surface area contributed by atoms with Crippen LogP contribution >= 0.6 is 23.2 Å². The zero-order valence-electron chi connectivity index (χ0n) is 17.7. The van der Waals surface area contributed by atoms with Gasteiger partial charge in [0.05, 0.1) is 27.8 Å². The van der Waals surface area contributed by atoms with Gasteiger partial charge in [-0.2, -0.15) is 0 Å². The molecule has 1 atom stereocenters. The minimum Gasteiger partial charge on any atom is -0.356 e. The Morgan fingerprint density at radius 2 is 1.79 bits per heavy atom. The molecular formula is C23H20Cl2N4O4S. The molecule has 1 aromatic heterocycles. The van der Waals surface area contributed by atoms with Gasteiger partial charge in [-0.25, -0.2) is 8.42 Å². The molecule has 0 radical (unpaired) electrons. The Morgan fingerprint density at radius 3 is 2.56 bits per heavy atom. The van der Waals surface area contributed by atoms with Crippen molar-refractivity contribution in [1.82, 2.24) is 10.3 Å². The summed E-state index contributed by atoms with van der Waals surface area (Å²) in [6.45, 7) is 0.320. The Balaban J connectivity index is 1.63. The number of amides is 2.